The average Bonchev–Trinajstić information content (AvgIpc) is 2.41. The van der Waals surface area contributed by atoms with Crippen molar-refractivity contribution in [3.63, 3.8) is 0 Å². The molecule has 1 aliphatic heterocycles. The normalized spacial score (nSPS) is 31.7. The fourth-order valence-corrected chi connectivity index (χ4v) is 2.20. The summed E-state index contributed by atoms with van der Waals surface area (Å²) in [6.45, 7) is 11.8. The molecule has 1 unspecified atom stereocenters. The van der Waals surface area contributed by atoms with Gasteiger partial charge in [0, 0.05) is 12.8 Å². The van der Waals surface area contributed by atoms with Gasteiger partial charge in [-0.05, 0) is 20.1 Å². The second-order valence-electron chi connectivity index (χ2n) is 3.89. The molecule has 0 spiro atoms. The molecule has 1 saturated heterocycles. The number of carbonyl (C=O) groups is 1. The van der Waals surface area contributed by atoms with Crippen LogP contribution in [0.25, 0.3) is 0 Å². The number of hydrogen-bond acceptors (Lipinski definition) is 1. The molecule has 72 valence electrons. The first kappa shape index (κ1) is 10.2. The van der Waals surface area contributed by atoms with Gasteiger partial charge in [0.05, 0.1) is 6.42 Å². The molecule has 0 aliphatic carbocycles. The lowest BCUT2D eigenvalue weighted by atomic mass is 9.94. The van der Waals surface area contributed by atoms with Gasteiger partial charge in [0.2, 0.25) is 0 Å². The largest absolute Gasteiger partial charge is 0.323 e. The predicted octanol–water partition coefficient (Wildman–Crippen LogP) is 2.58. The minimum Gasteiger partial charge on any atom is -0.230 e. The fraction of sp³-hybridized carbons (Fsp3) is 0.545. The molecule has 0 saturated carbocycles. The Hall–Kier alpha value is -0.890. The molecule has 2 nitrogen and oxygen atoms in total. The van der Waals surface area contributed by atoms with Gasteiger partial charge in [0.1, 0.15) is 17.9 Å². The van der Waals surface area contributed by atoms with Crippen molar-refractivity contribution in [2.24, 2.45) is 0 Å². The van der Waals surface area contributed by atoms with E-state index in [-0.39, 0.29) is 15.9 Å². The zero-order valence-corrected chi connectivity index (χ0v) is 8.55. The van der Waals surface area contributed by atoms with Crippen LogP contribution in [0.2, 0.25) is 0 Å². The number of nitrogens with zero attached hydrogens (tertiary/aromatic N) is 1. The smallest absolute Gasteiger partial charge is 0.230 e. The lowest BCUT2D eigenvalue weighted by Gasteiger charge is -2.38. The van der Waals surface area contributed by atoms with Gasteiger partial charge in [-0.1, -0.05) is 6.92 Å². The summed E-state index contributed by atoms with van der Waals surface area (Å²) in [4.78, 5) is 11.8. The van der Waals surface area contributed by atoms with Gasteiger partial charge in [-0.25, -0.2) is 9.28 Å². The van der Waals surface area contributed by atoms with Crippen molar-refractivity contribution < 1.29 is 9.28 Å². The molecule has 1 heterocycles. The minimum absolute atomic E-state index is 0.0272. The van der Waals surface area contributed by atoms with E-state index in [1.165, 1.54) is 0 Å². The summed E-state index contributed by atoms with van der Waals surface area (Å²) in [5, 5.41) is 0. The minimum atomic E-state index is -0.0272. The highest BCUT2D eigenvalue weighted by atomic mass is 16.2. The van der Waals surface area contributed by atoms with E-state index in [9.17, 15) is 4.79 Å². The highest BCUT2D eigenvalue weighted by Crippen LogP contribution is 2.41. The van der Waals surface area contributed by atoms with Crippen LogP contribution < -0.4 is 0 Å². The van der Waals surface area contributed by atoms with Crippen molar-refractivity contribution in [2.75, 3.05) is 0 Å². The molecule has 0 aromatic heterocycles. The van der Waals surface area contributed by atoms with E-state index < -0.39 is 0 Å². The van der Waals surface area contributed by atoms with Crippen LogP contribution in [0.3, 0.4) is 0 Å². The SMILES string of the molecule is C=C[N+]1(C=C)C(=O)CCC1(C)CC. The Morgan fingerprint density at radius 1 is 1.54 bits per heavy atom. The molecule has 0 aromatic rings. The molecule has 1 rings (SSSR count). The first-order valence-corrected chi connectivity index (χ1v) is 4.75. The van der Waals surface area contributed by atoms with Gasteiger partial charge in [0.25, 0.3) is 0 Å². The summed E-state index contributed by atoms with van der Waals surface area (Å²) in [7, 11) is 0. The van der Waals surface area contributed by atoms with Crippen LogP contribution in [0.5, 0.6) is 0 Å². The molecule has 1 atom stereocenters. The van der Waals surface area contributed by atoms with E-state index in [0.29, 0.717) is 6.42 Å². The third-order valence-corrected chi connectivity index (χ3v) is 3.52. The standard InChI is InChI=1S/C11H18NO/c1-5-11(4)9-8-10(13)12(11,6-2)7-3/h6-7H,2-3,5,8-9H2,1,4H3/q+1. The van der Waals surface area contributed by atoms with E-state index in [1.54, 1.807) is 12.4 Å². The van der Waals surface area contributed by atoms with Crippen molar-refractivity contribution in [3.05, 3.63) is 25.6 Å². The molecule has 0 bridgehead atoms. The van der Waals surface area contributed by atoms with Crippen LogP contribution in [-0.2, 0) is 4.79 Å². The monoisotopic (exact) mass is 180 g/mol. The molecule has 0 radical (unpaired) electrons. The lowest BCUT2D eigenvalue weighted by molar-refractivity contribution is -0.797. The summed E-state index contributed by atoms with van der Waals surface area (Å²) in [6.07, 6.45) is 5.97. The van der Waals surface area contributed by atoms with E-state index in [0.717, 1.165) is 12.8 Å². The Morgan fingerprint density at radius 2 is 2.08 bits per heavy atom. The average molecular weight is 180 g/mol. The Balaban J connectivity index is 3.21. The van der Waals surface area contributed by atoms with Crippen molar-refractivity contribution >= 4 is 5.91 Å². The topological polar surface area (TPSA) is 17.1 Å². The van der Waals surface area contributed by atoms with Gasteiger partial charge < -0.3 is 0 Å². The number of carbonyl (C=O) groups excluding carboxylic acids is 1. The highest BCUT2D eigenvalue weighted by molar-refractivity contribution is 5.73. The predicted molar refractivity (Wildman–Crippen MR) is 53.6 cm³/mol. The maximum atomic E-state index is 11.8. The van der Waals surface area contributed by atoms with E-state index in [4.69, 9.17) is 0 Å². The zero-order valence-electron chi connectivity index (χ0n) is 8.55. The Bertz CT molecular complexity index is 249. The van der Waals surface area contributed by atoms with Crippen LogP contribution in [0, 0.1) is 0 Å². The van der Waals surface area contributed by atoms with Gasteiger partial charge in [-0.2, -0.15) is 0 Å². The molecule has 1 aliphatic rings. The number of rotatable bonds is 3. The molecule has 1 fully saturated rings. The molecule has 2 heteroatoms. The molecular formula is C11H18NO+. The van der Waals surface area contributed by atoms with Crippen molar-refractivity contribution in [2.45, 2.75) is 38.6 Å². The quantitative estimate of drug-likeness (QED) is 0.610. The van der Waals surface area contributed by atoms with Gasteiger partial charge in [-0.3, -0.25) is 0 Å². The number of amides is 1. The van der Waals surface area contributed by atoms with Crippen LogP contribution in [0.4, 0.5) is 0 Å². The fourth-order valence-electron chi connectivity index (χ4n) is 2.20. The van der Waals surface area contributed by atoms with Gasteiger partial charge >= 0.3 is 5.91 Å². The van der Waals surface area contributed by atoms with E-state index in [1.807, 2.05) is 0 Å². The molecule has 0 N–H and O–H groups in total. The second kappa shape index (κ2) is 3.11. The summed E-state index contributed by atoms with van der Waals surface area (Å²) in [5.41, 5.74) is -0.0272. The maximum Gasteiger partial charge on any atom is 0.323 e. The second-order valence-corrected chi connectivity index (χ2v) is 3.89. The van der Waals surface area contributed by atoms with Gasteiger partial charge in [-0.15, -0.1) is 0 Å². The third-order valence-electron chi connectivity index (χ3n) is 3.52. The number of quaternary nitrogens is 1. The highest BCUT2D eigenvalue weighted by Gasteiger charge is 2.54. The van der Waals surface area contributed by atoms with E-state index in [2.05, 4.69) is 27.0 Å². The van der Waals surface area contributed by atoms with Crippen LogP contribution >= 0.6 is 0 Å². The molecule has 13 heavy (non-hydrogen) atoms. The summed E-state index contributed by atoms with van der Waals surface area (Å²) >= 11 is 0. The van der Waals surface area contributed by atoms with Gasteiger partial charge in [0.15, 0.2) is 0 Å². The van der Waals surface area contributed by atoms with E-state index >= 15 is 0 Å². The Morgan fingerprint density at radius 3 is 2.38 bits per heavy atom. The van der Waals surface area contributed by atoms with Crippen molar-refractivity contribution in [3.8, 4) is 0 Å². The summed E-state index contributed by atoms with van der Waals surface area (Å²) in [5.74, 6) is 0.217. The maximum absolute atomic E-state index is 11.8. The molecular weight excluding hydrogens is 162 g/mol. The summed E-state index contributed by atoms with van der Waals surface area (Å²) < 4.78 is 0.240. The first-order chi connectivity index (χ1) is 6.06. The van der Waals surface area contributed by atoms with Crippen LogP contribution in [0.15, 0.2) is 25.6 Å². The van der Waals surface area contributed by atoms with Crippen LogP contribution in [-0.4, -0.2) is 15.9 Å². The third kappa shape index (κ3) is 1.09. The van der Waals surface area contributed by atoms with Crippen molar-refractivity contribution in [1.29, 1.82) is 0 Å². The Labute approximate surface area is 80.1 Å². The lowest BCUT2D eigenvalue weighted by Crippen LogP contribution is -2.53. The molecule has 1 amide bonds. The number of likely N-dealkylation sites (tertiary alicyclic amines) is 1. The zero-order chi connectivity index (χ0) is 10.1. The number of hydrogen-bond donors (Lipinski definition) is 0. The van der Waals surface area contributed by atoms with Crippen LogP contribution in [0.1, 0.15) is 33.1 Å². The first-order valence-electron chi connectivity index (χ1n) is 4.75. The summed E-state index contributed by atoms with van der Waals surface area (Å²) in [6, 6.07) is 0. The molecule has 0 aromatic carbocycles. The Kier molecular flexibility index (Phi) is 2.44. The van der Waals surface area contributed by atoms with Crippen molar-refractivity contribution in [1.82, 2.24) is 0 Å².